The Morgan fingerprint density at radius 1 is 0.493 bits per heavy atom. The molecular weight excluding hydrogens is 863 g/mol. The van der Waals surface area contributed by atoms with Crippen LogP contribution in [0.1, 0.15) is 245 Å². The first-order chi connectivity index (χ1) is 33.8. The Balaban J connectivity index is 2.28. The van der Waals surface area contributed by atoms with Crippen molar-refractivity contribution >= 4 is 5.91 Å². The number of hydrogen-bond donors (Lipinski definition) is 6. The minimum atomic E-state index is -1.58. The Kier molecular flexibility index (Phi) is 46.1. The van der Waals surface area contributed by atoms with Crippen molar-refractivity contribution in [3.8, 4) is 0 Å². The highest BCUT2D eigenvalue weighted by molar-refractivity contribution is 5.76. The average Bonchev–Trinajstić information content (AvgIpc) is 3.35. The number of ether oxygens (including phenoxy) is 2. The molecule has 400 valence electrons. The molecule has 0 radical (unpaired) electrons. The van der Waals surface area contributed by atoms with Gasteiger partial charge in [0.2, 0.25) is 5.91 Å². The zero-order valence-corrected chi connectivity index (χ0v) is 44.3. The first-order valence-electron chi connectivity index (χ1n) is 28.7. The van der Waals surface area contributed by atoms with Crippen molar-refractivity contribution in [1.29, 1.82) is 0 Å². The third-order valence-corrected chi connectivity index (χ3v) is 13.2. The topological polar surface area (TPSA) is 149 Å². The maximum absolute atomic E-state index is 13.0. The summed E-state index contributed by atoms with van der Waals surface area (Å²) in [6.45, 7) is 3.73. The highest BCUT2D eigenvalue weighted by Gasteiger charge is 2.44. The minimum absolute atomic E-state index is 0.204. The summed E-state index contributed by atoms with van der Waals surface area (Å²) >= 11 is 0. The van der Waals surface area contributed by atoms with E-state index in [1.807, 2.05) is 6.08 Å². The normalized spacial score (nSPS) is 20.0. The van der Waals surface area contributed by atoms with Gasteiger partial charge in [0, 0.05) is 6.42 Å². The largest absolute Gasteiger partial charge is 0.394 e. The molecule has 7 atom stereocenters. The number of carbonyl (C=O) groups excluding carboxylic acids is 1. The van der Waals surface area contributed by atoms with Crippen molar-refractivity contribution in [1.82, 2.24) is 5.32 Å². The monoisotopic (exact) mass is 970 g/mol. The van der Waals surface area contributed by atoms with Crippen molar-refractivity contribution in [2.75, 3.05) is 13.2 Å². The van der Waals surface area contributed by atoms with Crippen LogP contribution in [0.4, 0.5) is 0 Å². The van der Waals surface area contributed by atoms with Gasteiger partial charge in [0.15, 0.2) is 6.29 Å². The maximum Gasteiger partial charge on any atom is 0.220 e. The molecule has 1 heterocycles. The third-order valence-electron chi connectivity index (χ3n) is 13.2. The van der Waals surface area contributed by atoms with E-state index in [1.54, 1.807) is 6.08 Å². The summed E-state index contributed by atoms with van der Waals surface area (Å²) in [6.07, 6.45) is 61.1. The molecule has 0 bridgehead atoms. The van der Waals surface area contributed by atoms with Gasteiger partial charge >= 0.3 is 0 Å². The standard InChI is InChI=1S/C60H107NO8/c1-3-5-7-9-11-13-15-17-19-21-23-24-25-26-27-28-29-30-32-33-35-37-39-41-43-45-47-49-54(63)53(52-68-60-59(67)58(66)57(65)55(51-62)69-60)61-56(64)50-48-46-44-42-40-38-36-34-31-22-20-18-16-14-12-10-8-6-4-2/h12,14,18,20,31-34,39,41,47,49,53-55,57-60,62-63,65-67H,3-11,13,15-17,19,21-30,35-38,40,42-46,48,50-52H2,1-2H3,(H,61,64)/b14-12-,20-18-,33-32+,34-31-,41-39+,49-47+. The SMILES string of the molecule is CCCCC/C=C\C/C=C\C/C=C\CCCCCCCCC(=O)NC(COC1OC(CO)C(O)C(O)C1O)C(O)/C=C/CC/C=C/CC/C=C/CCCCCCCCCCCCCCCCCCC. The number of carbonyl (C=O) groups is 1. The molecule has 1 aliphatic rings. The first kappa shape index (κ1) is 64.6. The summed E-state index contributed by atoms with van der Waals surface area (Å²) in [4.78, 5) is 13.0. The van der Waals surface area contributed by atoms with Crippen LogP contribution in [-0.2, 0) is 14.3 Å². The van der Waals surface area contributed by atoms with E-state index in [-0.39, 0.29) is 12.5 Å². The zero-order valence-electron chi connectivity index (χ0n) is 44.3. The van der Waals surface area contributed by atoms with Gasteiger partial charge < -0.3 is 40.3 Å². The van der Waals surface area contributed by atoms with E-state index >= 15 is 0 Å². The Hall–Kier alpha value is -2.37. The molecule has 9 nitrogen and oxygen atoms in total. The lowest BCUT2D eigenvalue weighted by Gasteiger charge is -2.40. The van der Waals surface area contributed by atoms with Gasteiger partial charge in [-0.15, -0.1) is 0 Å². The number of aliphatic hydroxyl groups excluding tert-OH is 5. The molecule has 0 saturated carbocycles. The van der Waals surface area contributed by atoms with Crippen molar-refractivity contribution in [3.63, 3.8) is 0 Å². The van der Waals surface area contributed by atoms with Crippen LogP contribution >= 0.6 is 0 Å². The maximum atomic E-state index is 13.0. The van der Waals surface area contributed by atoms with Gasteiger partial charge in [0.25, 0.3) is 0 Å². The Labute approximate surface area is 423 Å². The molecular formula is C60H107NO8. The molecule has 1 rings (SSSR count). The molecule has 7 unspecified atom stereocenters. The van der Waals surface area contributed by atoms with Crippen molar-refractivity contribution < 1.29 is 39.8 Å². The molecule has 1 aliphatic heterocycles. The van der Waals surface area contributed by atoms with Crippen LogP contribution in [0.2, 0.25) is 0 Å². The number of aliphatic hydroxyl groups is 5. The number of nitrogens with one attached hydrogen (secondary N) is 1. The number of rotatable bonds is 48. The fourth-order valence-electron chi connectivity index (χ4n) is 8.67. The van der Waals surface area contributed by atoms with Gasteiger partial charge in [0.05, 0.1) is 25.4 Å². The molecule has 0 aromatic rings. The second-order valence-electron chi connectivity index (χ2n) is 19.7. The Morgan fingerprint density at radius 3 is 1.35 bits per heavy atom. The van der Waals surface area contributed by atoms with E-state index < -0.39 is 49.5 Å². The lowest BCUT2D eigenvalue weighted by atomic mass is 9.99. The van der Waals surface area contributed by atoms with Crippen molar-refractivity contribution in [2.45, 2.75) is 288 Å². The second kappa shape index (κ2) is 49.2. The van der Waals surface area contributed by atoms with Crippen LogP contribution in [0, 0.1) is 0 Å². The average molecular weight is 971 g/mol. The van der Waals surface area contributed by atoms with Gasteiger partial charge in [-0.1, -0.05) is 228 Å². The van der Waals surface area contributed by atoms with Crippen LogP contribution in [0.5, 0.6) is 0 Å². The lowest BCUT2D eigenvalue weighted by molar-refractivity contribution is -0.302. The van der Waals surface area contributed by atoms with Crippen LogP contribution < -0.4 is 5.32 Å². The lowest BCUT2D eigenvalue weighted by Crippen LogP contribution is -2.60. The Morgan fingerprint density at radius 2 is 0.870 bits per heavy atom. The van der Waals surface area contributed by atoms with E-state index in [0.717, 1.165) is 83.5 Å². The van der Waals surface area contributed by atoms with E-state index in [1.165, 1.54) is 141 Å². The van der Waals surface area contributed by atoms with Gasteiger partial charge in [0.1, 0.15) is 24.4 Å². The van der Waals surface area contributed by atoms with Crippen LogP contribution in [0.3, 0.4) is 0 Å². The van der Waals surface area contributed by atoms with Gasteiger partial charge in [-0.3, -0.25) is 4.79 Å². The summed E-state index contributed by atoms with van der Waals surface area (Å²) in [5, 5.41) is 54.4. The quantitative estimate of drug-likeness (QED) is 0.0261. The van der Waals surface area contributed by atoms with E-state index in [2.05, 4.69) is 79.9 Å². The summed E-state index contributed by atoms with van der Waals surface area (Å²) in [5.74, 6) is -0.204. The van der Waals surface area contributed by atoms with E-state index in [4.69, 9.17) is 9.47 Å². The summed E-state index contributed by atoms with van der Waals surface area (Å²) in [7, 11) is 0. The van der Waals surface area contributed by atoms with Crippen molar-refractivity contribution in [2.24, 2.45) is 0 Å². The highest BCUT2D eigenvalue weighted by atomic mass is 16.7. The Bertz CT molecular complexity index is 1310. The third kappa shape index (κ3) is 38.9. The number of hydrogen-bond acceptors (Lipinski definition) is 8. The predicted octanol–water partition coefficient (Wildman–Crippen LogP) is 14.1. The van der Waals surface area contributed by atoms with Crippen molar-refractivity contribution in [3.05, 3.63) is 72.9 Å². The molecule has 9 heteroatoms. The molecule has 0 aromatic carbocycles. The molecule has 69 heavy (non-hydrogen) atoms. The second-order valence-corrected chi connectivity index (χ2v) is 19.7. The molecule has 1 fully saturated rings. The molecule has 6 N–H and O–H groups in total. The smallest absolute Gasteiger partial charge is 0.220 e. The molecule has 0 aromatic heterocycles. The molecule has 0 aliphatic carbocycles. The van der Waals surface area contributed by atoms with Crippen LogP contribution in [0.25, 0.3) is 0 Å². The predicted molar refractivity (Wildman–Crippen MR) is 290 cm³/mol. The molecule has 1 saturated heterocycles. The number of amides is 1. The van der Waals surface area contributed by atoms with Gasteiger partial charge in [-0.2, -0.15) is 0 Å². The van der Waals surface area contributed by atoms with Gasteiger partial charge in [-0.05, 0) is 83.5 Å². The molecule has 0 spiro atoms. The number of unbranched alkanes of at least 4 members (excludes halogenated alkanes) is 28. The first-order valence-corrected chi connectivity index (χ1v) is 28.7. The minimum Gasteiger partial charge on any atom is -0.394 e. The molecule has 1 amide bonds. The van der Waals surface area contributed by atoms with Gasteiger partial charge in [-0.25, -0.2) is 0 Å². The highest BCUT2D eigenvalue weighted by Crippen LogP contribution is 2.23. The van der Waals surface area contributed by atoms with E-state index in [9.17, 15) is 30.3 Å². The summed E-state index contributed by atoms with van der Waals surface area (Å²) in [5.41, 5.74) is 0. The fraction of sp³-hybridized carbons (Fsp3) is 0.783. The zero-order chi connectivity index (χ0) is 50.1. The number of allylic oxidation sites excluding steroid dienone is 11. The summed E-state index contributed by atoms with van der Waals surface area (Å²) < 4.78 is 11.2. The van der Waals surface area contributed by atoms with Crippen LogP contribution in [-0.4, -0.2) is 87.5 Å². The van der Waals surface area contributed by atoms with Crippen LogP contribution in [0.15, 0.2) is 72.9 Å². The van der Waals surface area contributed by atoms with E-state index in [0.29, 0.717) is 6.42 Å². The fourth-order valence-corrected chi connectivity index (χ4v) is 8.67. The summed E-state index contributed by atoms with van der Waals surface area (Å²) in [6, 6.07) is -0.840.